The standard InChI is InChI=1S/C20H27ClN2O3S/c21-16-11-15(12-17-19(16)26-8-7-25-17)13-18(24)22-14-20(3-1-2-4-20)23-5-9-27-10-6-23/h11-12H,1-10,13-14H2,(H,22,24). The number of halogens is 1. The van der Waals surface area contributed by atoms with E-state index >= 15 is 0 Å². The number of fused-ring (bicyclic) bond motifs is 1. The van der Waals surface area contributed by atoms with Crippen LogP contribution in [0.4, 0.5) is 0 Å². The second-order valence-electron chi connectivity index (χ2n) is 7.59. The fraction of sp³-hybridized carbons (Fsp3) is 0.650. The highest BCUT2D eigenvalue weighted by molar-refractivity contribution is 7.99. The summed E-state index contributed by atoms with van der Waals surface area (Å²) in [5.74, 6) is 3.66. The van der Waals surface area contributed by atoms with Crippen LogP contribution in [0, 0.1) is 0 Å². The van der Waals surface area contributed by atoms with Gasteiger partial charge in [-0.25, -0.2) is 0 Å². The molecule has 1 amide bonds. The molecule has 0 unspecified atom stereocenters. The Labute approximate surface area is 170 Å². The van der Waals surface area contributed by atoms with Crippen molar-refractivity contribution in [3.8, 4) is 11.5 Å². The van der Waals surface area contributed by atoms with Crippen LogP contribution in [0.1, 0.15) is 31.2 Å². The third-order valence-electron chi connectivity index (χ3n) is 5.85. The maximum Gasteiger partial charge on any atom is 0.224 e. The van der Waals surface area contributed by atoms with Gasteiger partial charge in [-0.3, -0.25) is 9.69 Å². The monoisotopic (exact) mass is 410 g/mol. The number of amides is 1. The molecule has 1 aromatic carbocycles. The second-order valence-corrected chi connectivity index (χ2v) is 9.22. The van der Waals surface area contributed by atoms with Gasteiger partial charge in [-0.2, -0.15) is 11.8 Å². The van der Waals surface area contributed by atoms with Gasteiger partial charge < -0.3 is 14.8 Å². The maximum absolute atomic E-state index is 12.6. The van der Waals surface area contributed by atoms with E-state index in [1.54, 1.807) is 0 Å². The zero-order chi connectivity index (χ0) is 18.7. The summed E-state index contributed by atoms with van der Waals surface area (Å²) in [4.78, 5) is 15.2. The van der Waals surface area contributed by atoms with Crippen molar-refractivity contribution in [1.82, 2.24) is 10.2 Å². The van der Waals surface area contributed by atoms with Gasteiger partial charge in [-0.15, -0.1) is 0 Å². The molecular weight excluding hydrogens is 384 g/mol. The Kier molecular flexibility index (Phi) is 6.05. The van der Waals surface area contributed by atoms with Crippen molar-refractivity contribution in [2.75, 3.05) is 44.4 Å². The summed E-state index contributed by atoms with van der Waals surface area (Å²) < 4.78 is 11.2. The quantitative estimate of drug-likeness (QED) is 0.808. The van der Waals surface area contributed by atoms with Crippen LogP contribution in [0.25, 0.3) is 0 Å². The Bertz CT molecular complexity index is 688. The van der Waals surface area contributed by atoms with Gasteiger partial charge in [0.1, 0.15) is 13.2 Å². The van der Waals surface area contributed by atoms with Gasteiger partial charge in [0.2, 0.25) is 5.91 Å². The molecule has 0 aromatic heterocycles. The fourth-order valence-corrected chi connectivity index (χ4v) is 5.64. The van der Waals surface area contributed by atoms with E-state index < -0.39 is 0 Å². The van der Waals surface area contributed by atoms with E-state index in [1.165, 1.54) is 37.2 Å². The molecular formula is C20H27ClN2O3S. The van der Waals surface area contributed by atoms with Crippen molar-refractivity contribution in [2.45, 2.75) is 37.6 Å². The molecule has 148 valence electrons. The molecule has 1 N–H and O–H groups in total. The van der Waals surface area contributed by atoms with E-state index in [9.17, 15) is 4.79 Å². The fourth-order valence-electron chi connectivity index (χ4n) is 4.45. The van der Waals surface area contributed by atoms with E-state index in [-0.39, 0.29) is 11.4 Å². The molecule has 4 rings (SSSR count). The Morgan fingerprint density at radius 2 is 1.93 bits per heavy atom. The molecule has 5 nitrogen and oxygen atoms in total. The molecule has 0 spiro atoms. The molecule has 2 fully saturated rings. The zero-order valence-corrected chi connectivity index (χ0v) is 17.2. The van der Waals surface area contributed by atoms with E-state index in [0.717, 1.165) is 25.2 Å². The summed E-state index contributed by atoms with van der Waals surface area (Å²) in [6.45, 7) is 4.03. The third kappa shape index (κ3) is 4.33. The highest BCUT2D eigenvalue weighted by Crippen LogP contribution is 2.39. The molecule has 7 heteroatoms. The molecule has 2 heterocycles. The molecule has 0 radical (unpaired) electrons. The third-order valence-corrected chi connectivity index (χ3v) is 7.08. The van der Waals surface area contributed by atoms with Crippen molar-refractivity contribution in [2.24, 2.45) is 0 Å². The van der Waals surface area contributed by atoms with Gasteiger partial charge in [0, 0.05) is 36.7 Å². The predicted octanol–water partition coefficient (Wildman–Crippen LogP) is 3.13. The average Bonchev–Trinajstić information content (AvgIpc) is 3.17. The Morgan fingerprint density at radius 3 is 2.70 bits per heavy atom. The summed E-state index contributed by atoms with van der Waals surface area (Å²) in [6, 6.07) is 3.68. The lowest BCUT2D eigenvalue weighted by molar-refractivity contribution is -0.121. The lowest BCUT2D eigenvalue weighted by Gasteiger charge is -2.43. The highest BCUT2D eigenvalue weighted by atomic mass is 35.5. The Morgan fingerprint density at radius 1 is 1.19 bits per heavy atom. The number of thioether (sulfide) groups is 1. The normalized spacial score (nSPS) is 21.8. The number of ether oxygens (including phenoxy) is 2. The Balaban J connectivity index is 1.38. The van der Waals surface area contributed by atoms with E-state index in [4.69, 9.17) is 21.1 Å². The number of nitrogens with zero attached hydrogens (tertiary/aromatic N) is 1. The van der Waals surface area contributed by atoms with Crippen LogP contribution in [0.2, 0.25) is 5.02 Å². The molecule has 1 aromatic rings. The average molecular weight is 411 g/mol. The van der Waals surface area contributed by atoms with E-state index in [0.29, 0.717) is 36.2 Å². The maximum atomic E-state index is 12.6. The number of benzene rings is 1. The first-order chi connectivity index (χ1) is 13.2. The number of carbonyl (C=O) groups excluding carboxylic acids is 1. The highest BCUT2D eigenvalue weighted by Gasteiger charge is 2.40. The summed E-state index contributed by atoms with van der Waals surface area (Å²) in [5.41, 5.74) is 1.01. The van der Waals surface area contributed by atoms with Crippen LogP contribution in [0.5, 0.6) is 11.5 Å². The van der Waals surface area contributed by atoms with Gasteiger partial charge in [0.15, 0.2) is 11.5 Å². The number of hydrogen-bond donors (Lipinski definition) is 1. The largest absolute Gasteiger partial charge is 0.486 e. The lowest BCUT2D eigenvalue weighted by Crippen LogP contribution is -2.56. The van der Waals surface area contributed by atoms with Crippen molar-refractivity contribution in [3.05, 3.63) is 22.7 Å². The smallest absolute Gasteiger partial charge is 0.224 e. The van der Waals surface area contributed by atoms with Crippen molar-refractivity contribution >= 4 is 29.3 Å². The summed E-state index contributed by atoms with van der Waals surface area (Å²) in [5, 5.41) is 3.72. The van der Waals surface area contributed by atoms with Crippen LogP contribution in [-0.4, -0.2) is 60.7 Å². The minimum absolute atomic E-state index is 0.0420. The first-order valence-electron chi connectivity index (χ1n) is 9.84. The van der Waals surface area contributed by atoms with Crippen molar-refractivity contribution in [1.29, 1.82) is 0 Å². The molecule has 27 heavy (non-hydrogen) atoms. The van der Waals surface area contributed by atoms with Gasteiger partial charge in [-0.05, 0) is 30.5 Å². The zero-order valence-electron chi connectivity index (χ0n) is 15.6. The predicted molar refractivity (Wildman–Crippen MR) is 109 cm³/mol. The van der Waals surface area contributed by atoms with Crippen LogP contribution >= 0.6 is 23.4 Å². The molecule has 3 aliphatic rings. The van der Waals surface area contributed by atoms with E-state index in [2.05, 4.69) is 10.2 Å². The van der Waals surface area contributed by atoms with Gasteiger partial charge in [0.25, 0.3) is 0 Å². The van der Waals surface area contributed by atoms with Crippen LogP contribution in [0.3, 0.4) is 0 Å². The first kappa shape index (κ1) is 19.2. The summed E-state index contributed by atoms with van der Waals surface area (Å²) in [6.07, 6.45) is 5.21. The number of rotatable bonds is 5. The second kappa shape index (κ2) is 8.50. The molecule has 1 saturated carbocycles. The van der Waals surface area contributed by atoms with Crippen LogP contribution < -0.4 is 14.8 Å². The van der Waals surface area contributed by atoms with Crippen LogP contribution in [0.15, 0.2) is 12.1 Å². The van der Waals surface area contributed by atoms with Gasteiger partial charge >= 0.3 is 0 Å². The first-order valence-corrected chi connectivity index (χ1v) is 11.4. The number of nitrogens with one attached hydrogen (secondary N) is 1. The summed E-state index contributed by atoms with van der Waals surface area (Å²) in [7, 11) is 0. The minimum atomic E-state index is 0.0420. The lowest BCUT2D eigenvalue weighted by atomic mass is 9.94. The Hall–Kier alpha value is -1.11. The summed E-state index contributed by atoms with van der Waals surface area (Å²) >= 11 is 8.32. The molecule has 0 atom stereocenters. The van der Waals surface area contributed by atoms with E-state index in [1.807, 2.05) is 23.9 Å². The van der Waals surface area contributed by atoms with Gasteiger partial charge in [0.05, 0.1) is 11.4 Å². The van der Waals surface area contributed by atoms with Gasteiger partial charge in [-0.1, -0.05) is 24.4 Å². The number of carbonyl (C=O) groups is 1. The van der Waals surface area contributed by atoms with Crippen molar-refractivity contribution < 1.29 is 14.3 Å². The van der Waals surface area contributed by atoms with Crippen LogP contribution in [-0.2, 0) is 11.2 Å². The topological polar surface area (TPSA) is 50.8 Å². The molecule has 1 saturated heterocycles. The van der Waals surface area contributed by atoms with Crippen molar-refractivity contribution in [3.63, 3.8) is 0 Å². The molecule has 2 aliphatic heterocycles. The number of hydrogen-bond acceptors (Lipinski definition) is 5. The SMILES string of the molecule is O=C(Cc1cc(Cl)c2c(c1)OCCO2)NCC1(N2CCSCC2)CCCC1. The minimum Gasteiger partial charge on any atom is -0.486 e. The molecule has 0 bridgehead atoms. The molecule has 1 aliphatic carbocycles.